The van der Waals surface area contributed by atoms with E-state index >= 15 is 0 Å². The number of hydrogen-bond acceptors (Lipinski definition) is 1. The molecule has 0 fully saturated rings. The molecule has 2 nitrogen and oxygen atoms in total. The van der Waals surface area contributed by atoms with E-state index < -0.39 is 0 Å². The Balaban J connectivity index is 2.98. The minimum atomic E-state index is 0.829. The second-order valence-electron chi connectivity index (χ2n) is 3.83. The maximum atomic E-state index is 11.1. The zero-order valence-electron chi connectivity index (χ0n) is 9.37. The van der Waals surface area contributed by atoms with Crippen molar-refractivity contribution in [3.8, 4) is 0 Å². The fourth-order valence-corrected chi connectivity index (χ4v) is 2.29. The first-order valence-electron chi connectivity index (χ1n) is 5.24. The number of benzene rings is 1. The molecule has 0 amide bonds. The van der Waals surface area contributed by atoms with E-state index in [1.54, 1.807) is 0 Å². The molecule has 0 unspecified atom stereocenters. The van der Waals surface area contributed by atoms with E-state index in [1.165, 1.54) is 11.1 Å². The van der Waals surface area contributed by atoms with Crippen LogP contribution in [0.3, 0.4) is 0 Å². The van der Waals surface area contributed by atoms with Gasteiger partial charge in [0.2, 0.25) is 0 Å². The standard InChI is InChI=1S/C13H15NO/c1-4-14-10(3)12(8-15)11-7-5-6-9(2)13(11)14/h5-8H,4H2,1-3H3. The summed E-state index contributed by atoms with van der Waals surface area (Å²) in [4.78, 5) is 11.1. The first kappa shape index (κ1) is 9.97. The van der Waals surface area contributed by atoms with E-state index in [4.69, 9.17) is 0 Å². The summed E-state index contributed by atoms with van der Waals surface area (Å²) in [7, 11) is 0. The summed E-state index contributed by atoms with van der Waals surface area (Å²) in [6.45, 7) is 7.10. The highest BCUT2D eigenvalue weighted by molar-refractivity contribution is 6.00. The van der Waals surface area contributed by atoms with Gasteiger partial charge in [0.15, 0.2) is 6.29 Å². The Morgan fingerprint density at radius 2 is 2.07 bits per heavy atom. The summed E-state index contributed by atoms with van der Waals surface area (Å²) in [5, 5.41) is 1.07. The second kappa shape index (κ2) is 3.54. The van der Waals surface area contributed by atoms with Gasteiger partial charge in [-0.05, 0) is 26.3 Å². The molecule has 0 atom stereocenters. The number of nitrogens with zero attached hydrogens (tertiary/aromatic N) is 1. The van der Waals surface area contributed by atoms with Gasteiger partial charge >= 0.3 is 0 Å². The molecule has 0 aliphatic rings. The number of para-hydroxylation sites is 1. The van der Waals surface area contributed by atoms with Crippen molar-refractivity contribution >= 4 is 17.2 Å². The van der Waals surface area contributed by atoms with Gasteiger partial charge in [0.05, 0.1) is 5.52 Å². The predicted octanol–water partition coefficient (Wildman–Crippen LogP) is 3.09. The molecule has 78 valence electrons. The monoisotopic (exact) mass is 201 g/mol. The van der Waals surface area contributed by atoms with Crippen molar-refractivity contribution in [2.45, 2.75) is 27.3 Å². The molecular weight excluding hydrogens is 186 g/mol. The molecule has 0 saturated heterocycles. The summed E-state index contributed by atoms with van der Waals surface area (Å²) < 4.78 is 2.20. The van der Waals surface area contributed by atoms with E-state index in [0.29, 0.717) is 0 Å². The quantitative estimate of drug-likeness (QED) is 0.684. The highest BCUT2D eigenvalue weighted by atomic mass is 16.1. The summed E-state index contributed by atoms with van der Waals surface area (Å²) in [5.74, 6) is 0. The Labute approximate surface area is 89.5 Å². The molecule has 2 rings (SSSR count). The van der Waals surface area contributed by atoms with Gasteiger partial charge in [-0.2, -0.15) is 0 Å². The maximum absolute atomic E-state index is 11.1. The molecule has 2 heteroatoms. The first-order chi connectivity index (χ1) is 7.20. The molecule has 15 heavy (non-hydrogen) atoms. The van der Waals surface area contributed by atoms with Crippen LogP contribution in [-0.4, -0.2) is 10.9 Å². The van der Waals surface area contributed by atoms with Gasteiger partial charge in [-0.25, -0.2) is 0 Å². The summed E-state index contributed by atoms with van der Waals surface area (Å²) >= 11 is 0. The Bertz CT molecular complexity index is 523. The van der Waals surface area contributed by atoms with Crippen molar-refractivity contribution in [3.05, 3.63) is 35.0 Å². The fourth-order valence-electron chi connectivity index (χ4n) is 2.29. The van der Waals surface area contributed by atoms with E-state index in [0.717, 1.165) is 29.5 Å². The summed E-state index contributed by atoms with van der Waals surface area (Å²) in [6, 6.07) is 6.11. The smallest absolute Gasteiger partial charge is 0.152 e. The number of hydrogen-bond donors (Lipinski definition) is 0. The molecule has 1 aromatic carbocycles. The molecule has 1 heterocycles. The molecule has 0 bridgehead atoms. The molecule has 0 aliphatic heterocycles. The lowest BCUT2D eigenvalue weighted by molar-refractivity contribution is 0.112. The van der Waals surface area contributed by atoms with Crippen LogP contribution in [0.4, 0.5) is 0 Å². The fraction of sp³-hybridized carbons (Fsp3) is 0.308. The Morgan fingerprint density at radius 1 is 1.33 bits per heavy atom. The molecule has 0 aliphatic carbocycles. The molecular formula is C13H15NO. The molecule has 0 saturated carbocycles. The predicted molar refractivity (Wildman–Crippen MR) is 62.5 cm³/mol. The van der Waals surface area contributed by atoms with Crippen LogP contribution in [0.1, 0.15) is 28.5 Å². The van der Waals surface area contributed by atoms with Crippen molar-refractivity contribution in [2.75, 3.05) is 0 Å². The van der Waals surface area contributed by atoms with E-state index in [9.17, 15) is 4.79 Å². The highest BCUT2D eigenvalue weighted by Gasteiger charge is 2.13. The lowest BCUT2D eigenvalue weighted by Gasteiger charge is -2.05. The van der Waals surface area contributed by atoms with Crippen LogP contribution in [-0.2, 0) is 6.54 Å². The Hall–Kier alpha value is -1.57. The van der Waals surface area contributed by atoms with Crippen LogP contribution in [0.2, 0.25) is 0 Å². The third kappa shape index (κ3) is 1.29. The average molecular weight is 201 g/mol. The van der Waals surface area contributed by atoms with Gasteiger partial charge in [0.25, 0.3) is 0 Å². The van der Waals surface area contributed by atoms with E-state index in [2.05, 4.69) is 24.5 Å². The number of fused-ring (bicyclic) bond motifs is 1. The van der Waals surface area contributed by atoms with Crippen LogP contribution in [0.5, 0.6) is 0 Å². The topological polar surface area (TPSA) is 22.0 Å². The Morgan fingerprint density at radius 3 is 2.67 bits per heavy atom. The van der Waals surface area contributed by atoms with Crippen molar-refractivity contribution in [3.63, 3.8) is 0 Å². The van der Waals surface area contributed by atoms with Gasteiger partial charge in [0, 0.05) is 23.2 Å². The van der Waals surface area contributed by atoms with Crippen molar-refractivity contribution < 1.29 is 4.79 Å². The minimum Gasteiger partial charge on any atom is -0.344 e. The molecule has 2 aromatic rings. The van der Waals surface area contributed by atoms with Crippen LogP contribution in [0, 0.1) is 13.8 Å². The SMILES string of the molecule is CCn1c(C)c(C=O)c2cccc(C)c21. The number of aromatic nitrogens is 1. The molecule has 0 N–H and O–H groups in total. The van der Waals surface area contributed by atoms with E-state index in [-0.39, 0.29) is 0 Å². The first-order valence-corrected chi connectivity index (χ1v) is 5.24. The zero-order valence-corrected chi connectivity index (χ0v) is 9.37. The number of aryl methyl sites for hydroxylation is 2. The number of carbonyl (C=O) groups is 1. The minimum absolute atomic E-state index is 0.829. The van der Waals surface area contributed by atoms with E-state index in [1.807, 2.05) is 19.1 Å². The molecule has 1 aromatic heterocycles. The normalized spacial score (nSPS) is 10.9. The second-order valence-corrected chi connectivity index (χ2v) is 3.83. The Kier molecular flexibility index (Phi) is 2.35. The lowest BCUT2D eigenvalue weighted by atomic mass is 10.1. The third-order valence-corrected chi connectivity index (χ3v) is 3.03. The maximum Gasteiger partial charge on any atom is 0.152 e. The van der Waals surface area contributed by atoms with Gasteiger partial charge < -0.3 is 4.57 Å². The number of carbonyl (C=O) groups excluding carboxylic acids is 1. The third-order valence-electron chi connectivity index (χ3n) is 3.03. The highest BCUT2D eigenvalue weighted by Crippen LogP contribution is 2.26. The van der Waals surface area contributed by atoms with Crippen molar-refractivity contribution in [2.24, 2.45) is 0 Å². The zero-order chi connectivity index (χ0) is 11.0. The van der Waals surface area contributed by atoms with Gasteiger partial charge in [0.1, 0.15) is 0 Å². The number of rotatable bonds is 2. The lowest BCUT2D eigenvalue weighted by Crippen LogP contribution is -1.98. The van der Waals surface area contributed by atoms with Gasteiger partial charge in [-0.1, -0.05) is 18.2 Å². The van der Waals surface area contributed by atoms with Crippen LogP contribution >= 0.6 is 0 Å². The summed E-state index contributed by atoms with van der Waals surface area (Å²) in [6.07, 6.45) is 0.962. The largest absolute Gasteiger partial charge is 0.344 e. The van der Waals surface area contributed by atoms with Gasteiger partial charge in [-0.3, -0.25) is 4.79 Å². The molecule has 0 radical (unpaired) electrons. The van der Waals surface area contributed by atoms with Gasteiger partial charge in [-0.15, -0.1) is 0 Å². The van der Waals surface area contributed by atoms with Crippen LogP contribution < -0.4 is 0 Å². The number of aldehydes is 1. The molecule has 0 spiro atoms. The van der Waals surface area contributed by atoms with Crippen molar-refractivity contribution in [1.82, 2.24) is 4.57 Å². The van der Waals surface area contributed by atoms with Crippen LogP contribution in [0.25, 0.3) is 10.9 Å². The summed E-state index contributed by atoms with van der Waals surface area (Å²) in [5.41, 5.74) is 4.32. The van der Waals surface area contributed by atoms with Crippen LogP contribution in [0.15, 0.2) is 18.2 Å². The average Bonchev–Trinajstić information content (AvgIpc) is 2.51. The van der Waals surface area contributed by atoms with Crippen molar-refractivity contribution in [1.29, 1.82) is 0 Å².